The topological polar surface area (TPSA) is 18.5 Å². The Hall–Kier alpha value is -1.18. The van der Waals surface area contributed by atoms with E-state index in [1.54, 1.807) is 0 Å². The van der Waals surface area contributed by atoms with Crippen LogP contribution in [0.3, 0.4) is 0 Å². The van der Waals surface area contributed by atoms with Crippen molar-refractivity contribution in [3.63, 3.8) is 0 Å². The molecular weight excluding hydrogens is 320 g/mol. The summed E-state index contributed by atoms with van der Waals surface area (Å²) in [7, 11) is 0. The van der Waals surface area contributed by atoms with Crippen molar-refractivity contribution in [1.82, 2.24) is 0 Å². The van der Waals surface area contributed by atoms with Gasteiger partial charge in [-0.15, -0.1) is 0 Å². The second-order valence-electron chi connectivity index (χ2n) is 7.62. The number of benzene rings is 1. The Morgan fingerprint density at radius 3 is 1.35 bits per heavy atom. The normalized spacial score (nSPS) is 10.9. The largest absolute Gasteiger partial charge is 0.493 e. The van der Waals surface area contributed by atoms with Crippen molar-refractivity contribution in [3.05, 3.63) is 23.3 Å². The van der Waals surface area contributed by atoms with E-state index in [1.165, 1.54) is 75.3 Å². The summed E-state index contributed by atoms with van der Waals surface area (Å²) < 4.78 is 12.1. The predicted molar refractivity (Wildman–Crippen MR) is 114 cm³/mol. The molecule has 26 heavy (non-hydrogen) atoms. The van der Waals surface area contributed by atoms with Gasteiger partial charge < -0.3 is 9.47 Å². The number of aryl methyl sites for hydroxylation is 2. The zero-order chi connectivity index (χ0) is 19.0. The van der Waals surface area contributed by atoms with Crippen LogP contribution < -0.4 is 9.47 Å². The zero-order valence-electron chi connectivity index (χ0n) is 17.9. The van der Waals surface area contributed by atoms with Crippen LogP contribution in [0.25, 0.3) is 0 Å². The average Bonchev–Trinajstić information content (AvgIpc) is 2.63. The number of hydrogen-bond donors (Lipinski definition) is 0. The third-order valence-electron chi connectivity index (χ3n) is 4.98. The third-order valence-corrected chi connectivity index (χ3v) is 4.98. The fraction of sp³-hybridized carbons (Fsp3) is 0.750. The van der Waals surface area contributed by atoms with Crippen molar-refractivity contribution in [2.75, 3.05) is 13.2 Å². The molecule has 0 saturated carbocycles. The molecule has 0 amide bonds. The molecule has 1 aromatic carbocycles. The first-order chi connectivity index (χ1) is 12.7. The van der Waals surface area contributed by atoms with Crippen LogP contribution in [0.4, 0.5) is 0 Å². The van der Waals surface area contributed by atoms with E-state index in [-0.39, 0.29) is 0 Å². The quantitative estimate of drug-likeness (QED) is 0.279. The first-order valence-electron chi connectivity index (χ1n) is 11.1. The van der Waals surface area contributed by atoms with Gasteiger partial charge in [-0.2, -0.15) is 0 Å². The van der Waals surface area contributed by atoms with Gasteiger partial charge in [0.1, 0.15) is 11.5 Å². The molecule has 1 rings (SSSR count). The van der Waals surface area contributed by atoms with Gasteiger partial charge in [-0.25, -0.2) is 0 Å². The van der Waals surface area contributed by atoms with Crippen LogP contribution in [0.5, 0.6) is 11.5 Å². The van der Waals surface area contributed by atoms with Crippen molar-refractivity contribution in [2.24, 2.45) is 0 Å². The highest BCUT2D eigenvalue weighted by molar-refractivity contribution is 5.45. The highest BCUT2D eigenvalue weighted by Crippen LogP contribution is 2.29. The minimum Gasteiger partial charge on any atom is -0.493 e. The van der Waals surface area contributed by atoms with Crippen LogP contribution in [0.15, 0.2) is 12.1 Å². The average molecular weight is 363 g/mol. The number of rotatable bonds is 16. The lowest BCUT2D eigenvalue weighted by Gasteiger charge is -2.14. The minimum atomic E-state index is 0.812. The highest BCUT2D eigenvalue weighted by Gasteiger charge is 2.07. The fourth-order valence-corrected chi connectivity index (χ4v) is 3.25. The Kier molecular flexibility index (Phi) is 13.1. The maximum Gasteiger partial charge on any atom is 0.125 e. The Bertz CT molecular complexity index is 428. The summed E-state index contributed by atoms with van der Waals surface area (Å²) in [6, 6.07) is 4.28. The van der Waals surface area contributed by atoms with Gasteiger partial charge in [0.15, 0.2) is 0 Å². The Labute approximate surface area is 162 Å². The summed E-state index contributed by atoms with van der Waals surface area (Å²) in [5.41, 5.74) is 2.42. The first kappa shape index (κ1) is 22.9. The predicted octanol–water partition coefficient (Wildman–Crippen LogP) is 7.78. The van der Waals surface area contributed by atoms with Gasteiger partial charge in [0.25, 0.3) is 0 Å². The van der Waals surface area contributed by atoms with Crippen LogP contribution in [0, 0.1) is 13.8 Å². The van der Waals surface area contributed by atoms with E-state index in [4.69, 9.17) is 9.47 Å². The van der Waals surface area contributed by atoms with Crippen LogP contribution in [0.2, 0.25) is 0 Å². The molecule has 1 aromatic rings. The van der Waals surface area contributed by atoms with Crippen LogP contribution >= 0.6 is 0 Å². The molecule has 2 nitrogen and oxygen atoms in total. The van der Waals surface area contributed by atoms with Crippen molar-refractivity contribution < 1.29 is 9.47 Å². The molecule has 0 aliphatic heterocycles. The molecule has 0 bridgehead atoms. The van der Waals surface area contributed by atoms with Gasteiger partial charge in [0.05, 0.1) is 13.2 Å². The van der Waals surface area contributed by atoms with Crippen molar-refractivity contribution in [1.29, 1.82) is 0 Å². The molecule has 0 radical (unpaired) electrons. The Morgan fingerprint density at radius 1 is 0.538 bits per heavy atom. The maximum atomic E-state index is 6.03. The summed E-state index contributed by atoms with van der Waals surface area (Å²) in [5, 5.41) is 0. The maximum absolute atomic E-state index is 6.03. The zero-order valence-corrected chi connectivity index (χ0v) is 17.9. The molecule has 0 spiro atoms. The fourth-order valence-electron chi connectivity index (χ4n) is 3.25. The molecule has 150 valence electrons. The molecule has 0 N–H and O–H groups in total. The monoisotopic (exact) mass is 362 g/mol. The van der Waals surface area contributed by atoms with Gasteiger partial charge in [-0.1, -0.05) is 78.1 Å². The molecule has 0 heterocycles. The smallest absolute Gasteiger partial charge is 0.125 e. The molecule has 0 aliphatic carbocycles. The van der Waals surface area contributed by atoms with Gasteiger partial charge >= 0.3 is 0 Å². The second kappa shape index (κ2) is 14.9. The Morgan fingerprint density at radius 2 is 0.923 bits per heavy atom. The van der Waals surface area contributed by atoms with E-state index < -0.39 is 0 Å². The van der Waals surface area contributed by atoms with E-state index >= 15 is 0 Å². The molecule has 0 unspecified atom stereocenters. The van der Waals surface area contributed by atoms with Crippen LogP contribution in [-0.2, 0) is 0 Å². The molecule has 0 aromatic heterocycles. The standard InChI is InChI=1S/C24H42O2/c1-5-7-9-11-13-15-17-25-23-20-24(22(4)19-21(23)3)26-18-16-14-12-10-8-6-2/h19-20H,5-18H2,1-4H3. The highest BCUT2D eigenvalue weighted by atomic mass is 16.5. The summed E-state index contributed by atoms with van der Waals surface area (Å²) in [6.45, 7) is 10.4. The van der Waals surface area contributed by atoms with E-state index in [9.17, 15) is 0 Å². The summed E-state index contributed by atoms with van der Waals surface area (Å²) in [6.07, 6.45) is 15.5. The van der Waals surface area contributed by atoms with Gasteiger partial charge in [-0.05, 0) is 43.9 Å². The van der Waals surface area contributed by atoms with Crippen molar-refractivity contribution >= 4 is 0 Å². The SMILES string of the molecule is CCCCCCCCOc1cc(OCCCCCCCC)c(C)cc1C. The molecule has 2 heteroatoms. The number of hydrogen-bond acceptors (Lipinski definition) is 2. The van der Waals surface area contributed by atoms with Crippen LogP contribution in [-0.4, -0.2) is 13.2 Å². The van der Waals surface area contributed by atoms with Crippen molar-refractivity contribution in [3.8, 4) is 11.5 Å². The van der Waals surface area contributed by atoms with Gasteiger partial charge in [0, 0.05) is 6.07 Å². The lowest BCUT2D eigenvalue weighted by Crippen LogP contribution is -2.03. The molecular formula is C24H42O2. The van der Waals surface area contributed by atoms with Crippen LogP contribution in [0.1, 0.15) is 102 Å². The van der Waals surface area contributed by atoms with E-state index in [0.717, 1.165) is 37.6 Å². The third kappa shape index (κ3) is 10.1. The summed E-state index contributed by atoms with van der Waals surface area (Å²) in [4.78, 5) is 0. The van der Waals surface area contributed by atoms with Crippen molar-refractivity contribution in [2.45, 2.75) is 105 Å². The molecule has 0 aliphatic rings. The van der Waals surface area contributed by atoms with E-state index in [0.29, 0.717) is 0 Å². The first-order valence-corrected chi connectivity index (χ1v) is 11.1. The minimum absolute atomic E-state index is 0.812. The van der Waals surface area contributed by atoms with E-state index in [1.807, 2.05) is 0 Å². The number of ether oxygens (including phenoxy) is 2. The van der Waals surface area contributed by atoms with Gasteiger partial charge in [0.2, 0.25) is 0 Å². The number of unbranched alkanes of at least 4 members (excludes halogenated alkanes) is 10. The lowest BCUT2D eigenvalue weighted by molar-refractivity contribution is 0.287. The second-order valence-corrected chi connectivity index (χ2v) is 7.62. The Balaban J connectivity index is 2.30. The summed E-state index contributed by atoms with van der Waals surface area (Å²) >= 11 is 0. The lowest BCUT2D eigenvalue weighted by atomic mass is 10.1. The van der Waals surface area contributed by atoms with E-state index in [2.05, 4.69) is 39.8 Å². The molecule has 0 fully saturated rings. The van der Waals surface area contributed by atoms with Gasteiger partial charge in [-0.3, -0.25) is 0 Å². The molecule has 0 atom stereocenters. The molecule has 0 saturated heterocycles. The summed E-state index contributed by atoms with van der Waals surface area (Å²) in [5.74, 6) is 1.98.